The third-order valence-corrected chi connectivity index (χ3v) is 12.9. The summed E-state index contributed by atoms with van der Waals surface area (Å²) in [6.07, 6.45) is 52.3. The van der Waals surface area contributed by atoms with Crippen molar-refractivity contribution in [3.63, 3.8) is 0 Å². The molecule has 4 unspecified atom stereocenters. The summed E-state index contributed by atoms with van der Waals surface area (Å²) in [7, 11) is -4.38. The number of aliphatic hydroxyl groups is 2. The van der Waals surface area contributed by atoms with E-state index in [-0.39, 0.29) is 26.2 Å². The van der Waals surface area contributed by atoms with Crippen LogP contribution >= 0.6 is 7.82 Å². The number of carbonyl (C=O) groups is 1. The predicted octanol–water partition coefficient (Wildman–Crippen LogP) is 14.3. The molecule has 0 aromatic rings. The minimum Gasteiger partial charge on any atom is -0.393 e. The second-order valence-electron chi connectivity index (χ2n) is 17.9. The number of rotatable bonds is 49. The van der Waals surface area contributed by atoms with Crippen LogP contribution in [-0.2, 0) is 18.4 Å². The van der Waals surface area contributed by atoms with Crippen LogP contribution in [0.2, 0.25) is 0 Å². The number of amides is 1. The van der Waals surface area contributed by atoms with E-state index in [4.69, 9.17) is 14.8 Å². The first-order valence-corrected chi connectivity index (χ1v) is 27.5. The van der Waals surface area contributed by atoms with Gasteiger partial charge in [-0.25, -0.2) is 4.57 Å². The smallest absolute Gasteiger partial charge is 0.393 e. The molecular weight excluding hydrogens is 784 g/mol. The largest absolute Gasteiger partial charge is 0.472 e. The van der Waals surface area contributed by atoms with Crippen molar-refractivity contribution in [3.8, 4) is 0 Å². The lowest BCUT2D eigenvalue weighted by Gasteiger charge is -2.25. The maximum absolute atomic E-state index is 12.9. The molecule has 0 rings (SSSR count). The Kier molecular flexibility index (Phi) is 46.1. The highest BCUT2D eigenvalue weighted by molar-refractivity contribution is 7.47. The van der Waals surface area contributed by atoms with Gasteiger partial charge in [0.15, 0.2) is 0 Å². The molecule has 0 aliphatic carbocycles. The van der Waals surface area contributed by atoms with Gasteiger partial charge in [0, 0.05) is 6.54 Å². The number of hydrogen-bond donors (Lipinski definition) is 5. The van der Waals surface area contributed by atoms with Crippen molar-refractivity contribution in [2.75, 3.05) is 19.8 Å². The normalized spacial score (nSPS) is 14.5. The quantitative estimate of drug-likeness (QED) is 0.0230. The number of aliphatic hydroxyl groups excluding tert-OH is 2. The maximum atomic E-state index is 12.9. The first-order valence-electron chi connectivity index (χ1n) is 26.0. The molecule has 0 saturated heterocycles. The van der Waals surface area contributed by atoms with Gasteiger partial charge in [-0.15, -0.1) is 0 Å². The van der Waals surface area contributed by atoms with E-state index in [0.29, 0.717) is 12.8 Å². The Hall–Kier alpha value is -1.06. The number of nitrogens with two attached hydrogens (primary N) is 1. The molecule has 362 valence electrons. The van der Waals surface area contributed by atoms with E-state index in [1.54, 1.807) is 0 Å². The Bertz CT molecular complexity index is 1030. The fourth-order valence-electron chi connectivity index (χ4n) is 7.99. The molecule has 0 spiro atoms. The van der Waals surface area contributed by atoms with Gasteiger partial charge in [-0.3, -0.25) is 13.8 Å². The highest BCUT2D eigenvalue weighted by Crippen LogP contribution is 2.43. The van der Waals surface area contributed by atoms with E-state index in [9.17, 15) is 24.5 Å². The molecule has 0 saturated carbocycles. The second kappa shape index (κ2) is 46.9. The fraction of sp³-hybridized carbons (Fsp3) is 0.902. The van der Waals surface area contributed by atoms with Crippen LogP contribution in [0.15, 0.2) is 24.3 Å². The van der Waals surface area contributed by atoms with Gasteiger partial charge in [-0.2, -0.15) is 0 Å². The zero-order valence-corrected chi connectivity index (χ0v) is 40.9. The molecule has 0 radical (unpaired) electrons. The lowest BCUT2D eigenvalue weighted by atomic mass is 10.0. The van der Waals surface area contributed by atoms with Gasteiger partial charge in [0.05, 0.1) is 37.9 Å². The molecule has 9 nitrogen and oxygen atoms in total. The maximum Gasteiger partial charge on any atom is 0.472 e. The van der Waals surface area contributed by atoms with Crippen molar-refractivity contribution in [2.24, 2.45) is 5.73 Å². The third kappa shape index (κ3) is 45.3. The van der Waals surface area contributed by atoms with Crippen molar-refractivity contribution in [1.82, 2.24) is 5.32 Å². The topological polar surface area (TPSA) is 151 Å². The van der Waals surface area contributed by atoms with Gasteiger partial charge < -0.3 is 26.2 Å². The molecule has 0 bridgehead atoms. The molecule has 0 aliphatic rings. The molecule has 0 heterocycles. The summed E-state index contributed by atoms with van der Waals surface area (Å²) in [5.41, 5.74) is 5.39. The van der Waals surface area contributed by atoms with Crippen LogP contribution in [0.25, 0.3) is 0 Å². The highest BCUT2D eigenvalue weighted by Gasteiger charge is 2.28. The third-order valence-electron chi connectivity index (χ3n) is 11.9. The van der Waals surface area contributed by atoms with E-state index in [0.717, 1.165) is 51.4 Å². The van der Waals surface area contributed by atoms with Crippen molar-refractivity contribution in [2.45, 2.75) is 276 Å². The summed E-state index contributed by atoms with van der Waals surface area (Å²) in [6.45, 7) is 3.98. The number of carbonyl (C=O) groups excluding carboxylic acids is 1. The van der Waals surface area contributed by atoms with Crippen molar-refractivity contribution in [3.05, 3.63) is 24.3 Å². The van der Waals surface area contributed by atoms with Crippen LogP contribution < -0.4 is 11.1 Å². The van der Waals surface area contributed by atoms with Gasteiger partial charge in [-0.05, 0) is 38.5 Å². The minimum absolute atomic E-state index is 0.0605. The molecule has 6 N–H and O–H groups in total. The van der Waals surface area contributed by atoms with Crippen molar-refractivity contribution in [1.29, 1.82) is 0 Å². The van der Waals surface area contributed by atoms with E-state index < -0.39 is 32.0 Å². The number of hydrogen-bond acceptors (Lipinski definition) is 7. The Morgan fingerprint density at radius 3 is 1.43 bits per heavy atom. The molecular formula is C51H101N2O7P. The number of nitrogens with one attached hydrogen (secondary N) is 1. The molecule has 61 heavy (non-hydrogen) atoms. The number of phosphoric acid groups is 1. The fourth-order valence-corrected chi connectivity index (χ4v) is 8.75. The molecule has 10 heteroatoms. The molecule has 1 amide bonds. The summed E-state index contributed by atoms with van der Waals surface area (Å²) in [5.74, 6) is -0.411. The van der Waals surface area contributed by atoms with E-state index >= 15 is 0 Å². The van der Waals surface area contributed by atoms with Gasteiger partial charge >= 0.3 is 7.82 Å². The zero-order valence-electron chi connectivity index (χ0n) is 40.0. The monoisotopic (exact) mass is 885 g/mol. The summed E-state index contributed by atoms with van der Waals surface area (Å²) < 4.78 is 22.2. The summed E-state index contributed by atoms with van der Waals surface area (Å²) in [6, 6.07) is -0.896. The van der Waals surface area contributed by atoms with Gasteiger partial charge in [0.2, 0.25) is 5.91 Å². The molecule has 0 aromatic carbocycles. The number of allylic oxidation sites excluding steroid dienone is 4. The van der Waals surface area contributed by atoms with Gasteiger partial charge in [0.25, 0.3) is 0 Å². The first kappa shape index (κ1) is 59.9. The van der Waals surface area contributed by atoms with E-state index in [1.165, 1.54) is 173 Å². The average Bonchev–Trinajstić information content (AvgIpc) is 3.24. The molecule has 0 aromatic heterocycles. The lowest BCUT2D eigenvalue weighted by molar-refractivity contribution is -0.125. The van der Waals surface area contributed by atoms with Crippen LogP contribution in [0.5, 0.6) is 0 Å². The standard InChI is InChI=1S/C51H101N2O7P/c1-3-5-7-9-11-13-15-17-19-21-23-25-27-29-31-33-35-37-39-41-43-50(55)49(47-60-61(57,58)59-45-44-52)53-51(56)46-48(54)42-40-38-36-34-32-30-28-26-24-22-20-18-16-14-12-10-8-6-4-2/h6,8,12,14,48-50,54-55H,3-5,7,9-11,13,15-47,52H2,1-2H3,(H,53,56)(H,57,58)/b8-6-,14-12-. The molecule has 0 aliphatic heterocycles. The van der Waals surface area contributed by atoms with E-state index in [2.05, 4.69) is 43.5 Å². The average molecular weight is 885 g/mol. The summed E-state index contributed by atoms with van der Waals surface area (Å²) in [5, 5.41) is 24.3. The SMILES string of the molecule is CC/C=C\C/C=C\CCCCCCCCCCCCCCC(O)CC(=O)NC(COP(=O)(O)OCCN)C(O)CCCCCCCCCCCCCCCCCCCCCC. The van der Waals surface area contributed by atoms with Crippen molar-refractivity contribution < 1.29 is 33.5 Å². The zero-order chi connectivity index (χ0) is 44.8. The van der Waals surface area contributed by atoms with Crippen LogP contribution in [0.4, 0.5) is 0 Å². The summed E-state index contributed by atoms with van der Waals surface area (Å²) >= 11 is 0. The number of phosphoric ester groups is 1. The van der Waals surface area contributed by atoms with Gasteiger partial charge in [0.1, 0.15) is 0 Å². The summed E-state index contributed by atoms with van der Waals surface area (Å²) in [4.78, 5) is 22.9. The highest BCUT2D eigenvalue weighted by atomic mass is 31.2. The Morgan fingerprint density at radius 1 is 0.574 bits per heavy atom. The van der Waals surface area contributed by atoms with Gasteiger partial charge in [-0.1, -0.05) is 237 Å². The predicted molar refractivity (Wildman–Crippen MR) is 260 cm³/mol. The Balaban J connectivity index is 4.12. The lowest BCUT2D eigenvalue weighted by Crippen LogP contribution is -2.47. The van der Waals surface area contributed by atoms with E-state index in [1.807, 2.05) is 0 Å². The Labute approximate surface area is 377 Å². The second-order valence-corrected chi connectivity index (χ2v) is 19.4. The first-order chi connectivity index (χ1) is 29.8. The Morgan fingerprint density at radius 2 is 0.984 bits per heavy atom. The van der Waals surface area contributed by atoms with Crippen LogP contribution in [0.1, 0.15) is 258 Å². The van der Waals surface area contributed by atoms with Crippen LogP contribution in [0, 0.1) is 0 Å². The minimum atomic E-state index is -4.38. The van der Waals surface area contributed by atoms with Crippen molar-refractivity contribution >= 4 is 13.7 Å². The van der Waals surface area contributed by atoms with Crippen LogP contribution in [0.3, 0.4) is 0 Å². The van der Waals surface area contributed by atoms with Crippen LogP contribution in [-0.4, -0.2) is 59.0 Å². The molecule has 0 fully saturated rings. The molecule has 4 atom stereocenters. The number of unbranched alkanes of at least 4 members (excludes halogenated alkanes) is 31.